The van der Waals surface area contributed by atoms with Gasteiger partial charge < -0.3 is 5.11 Å². The molecule has 27 heavy (non-hydrogen) atoms. The molecule has 2 rings (SSSR count). The number of hydrogen-bond donors (Lipinski definition) is 3. The molecule has 0 saturated carbocycles. The third kappa shape index (κ3) is 6.67. The average molecular weight is 410 g/mol. The summed E-state index contributed by atoms with van der Waals surface area (Å²) in [5, 5.41) is 13.4. The molecule has 0 aromatic heterocycles. The maximum absolute atomic E-state index is 12.2. The Hall–Kier alpha value is -2.42. The Morgan fingerprint density at radius 3 is 2.52 bits per heavy atom. The smallest absolute Gasteiger partial charge is 0.303 e. The van der Waals surface area contributed by atoms with Crippen molar-refractivity contribution in [2.24, 2.45) is 5.10 Å². The normalized spacial score (nSPS) is 12.0. The second-order valence-corrected chi connectivity index (χ2v) is 7.94. The highest BCUT2D eigenvalue weighted by atomic mass is 35.5. The minimum atomic E-state index is -3.67. The molecule has 0 aliphatic heterocycles. The van der Waals surface area contributed by atoms with Crippen LogP contribution < -0.4 is 10.1 Å². The number of hydrazone groups is 1. The highest BCUT2D eigenvalue weighted by molar-refractivity contribution is 7.89. The second-order valence-electron chi connectivity index (χ2n) is 5.74. The van der Waals surface area contributed by atoms with Crippen LogP contribution in [0.2, 0.25) is 5.02 Å². The minimum Gasteiger partial charge on any atom is -0.481 e. The maximum Gasteiger partial charge on any atom is 0.303 e. The average Bonchev–Trinajstić information content (AvgIpc) is 2.63. The Kier molecular flexibility index (Phi) is 7.35. The van der Waals surface area contributed by atoms with Gasteiger partial charge in [-0.15, -0.1) is 0 Å². The molecule has 3 N–H and O–H groups in total. The maximum atomic E-state index is 12.2. The number of sulfonamides is 1. The van der Waals surface area contributed by atoms with Crippen molar-refractivity contribution in [2.45, 2.75) is 24.7 Å². The zero-order valence-electron chi connectivity index (χ0n) is 14.6. The predicted octanol–water partition coefficient (Wildman–Crippen LogP) is 3.32. The first-order valence-electron chi connectivity index (χ1n) is 8.16. The van der Waals surface area contributed by atoms with Crippen LogP contribution >= 0.6 is 11.6 Å². The van der Waals surface area contributed by atoms with E-state index in [1.807, 2.05) is 6.07 Å². The number of carboxylic acids is 1. The van der Waals surface area contributed by atoms with Gasteiger partial charge in [-0.1, -0.05) is 29.8 Å². The molecule has 2 aromatic carbocycles. The number of carboxylic acid groups (broad SMARTS) is 1. The molecule has 0 unspecified atom stereocenters. The molecule has 0 saturated heterocycles. The van der Waals surface area contributed by atoms with E-state index in [0.717, 1.165) is 11.3 Å². The zero-order chi connectivity index (χ0) is 19.9. The first kappa shape index (κ1) is 20.9. The Bertz CT molecular complexity index is 928. The van der Waals surface area contributed by atoms with E-state index in [2.05, 4.69) is 15.2 Å². The van der Waals surface area contributed by atoms with E-state index in [9.17, 15) is 13.2 Å². The van der Waals surface area contributed by atoms with Crippen LogP contribution in [0, 0.1) is 0 Å². The topological polar surface area (TPSA) is 108 Å². The van der Waals surface area contributed by atoms with Crippen molar-refractivity contribution in [1.82, 2.24) is 4.72 Å². The summed E-state index contributed by atoms with van der Waals surface area (Å²) in [6.45, 7) is 1.87. The summed E-state index contributed by atoms with van der Waals surface area (Å²) < 4.78 is 26.8. The lowest BCUT2D eigenvalue weighted by molar-refractivity contribution is -0.137. The molecule has 7 nitrogen and oxygen atoms in total. The van der Waals surface area contributed by atoms with Crippen molar-refractivity contribution >= 4 is 39.0 Å². The summed E-state index contributed by atoms with van der Waals surface area (Å²) >= 11 is 5.92. The van der Waals surface area contributed by atoms with Gasteiger partial charge in [-0.25, -0.2) is 13.1 Å². The Balaban J connectivity index is 2.00. The van der Waals surface area contributed by atoms with Gasteiger partial charge in [0.2, 0.25) is 10.0 Å². The van der Waals surface area contributed by atoms with Crippen molar-refractivity contribution in [3.05, 3.63) is 59.1 Å². The Morgan fingerprint density at radius 2 is 1.89 bits per heavy atom. The number of anilines is 1. The van der Waals surface area contributed by atoms with Crippen LogP contribution in [-0.4, -0.2) is 31.8 Å². The standard InChI is InChI=1S/C18H20ClN3O4S/c1-13(21-22-16-5-2-4-15(19)12-16)14-7-9-17(10-8-14)27(25,26)20-11-3-6-18(23)24/h2,4-5,7-10,12,20,22H,3,6,11H2,1H3,(H,23,24)/b21-13-. The lowest BCUT2D eigenvalue weighted by Gasteiger charge is -2.08. The Morgan fingerprint density at radius 1 is 1.19 bits per heavy atom. The van der Waals surface area contributed by atoms with E-state index in [0.29, 0.717) is 10.7 Å². The molecule has 9 heteroatoms. The lowest BCUT2D eigenvalue weighted by Crippen LogP contribution is -2.25. The van der Waals surface area contributed by atoms with E-state index in [4.69, 9.17) is 16.7 Å². The van der Waals surface area contributed by atoms with Crippen LogP contribution in [0.1, 0.15) is 25.3 Å². The van der Waals surface area contributed by atoms with Gasteiger partial charge in [0, 0.05) is 18.0 Å². The molecular formula is C18H20ClN3O4S. The van der Waals surface area contributed by atoms with Crippen LogP contribution in [0.3, 0.4) is 0 Å². The summed E-state index contributed by atoms with van der Waals surface area (Å²) in [6, 6.07) is 13.4. The molecule has 0 radical (unpaired) electrons. The monoisotopic (exact) mass is 409 g/mol. The van der Waals surface area contributed by atoms with Gasteiger partial charge in [-0.3, -0.25) is 10.2 Å². The van der Waals surface area contributed by atoms with Crippen LogP contribution in [0.5, 0.6) is 0 Å². The van der Waals surface area contributed by atoms with Gasteiger partial charge in [0.05, 0.1) is 16.3 Å². The number of nitrogens with one attached hydrogen (secondary N) is 2. The molecule has 0 aliphatic rings. The van der Waals surface area contributed by atoms with Gasteiger partial charge in [-0.2, -0.15) is 5.10 Å². The highest BCUT2D eigenvalue weighted by Gasteiger charge is 2.13. The number of rotatable bonds is 9. The van der Waals surface area contributed by atoms with Crippen LogP contribution in [0.25, 0.3) is 0 Å². The molecule has 2 aromatic rings. The van der Waals surface area contributed by atoms with E-state index in [1.165, 1.54) is 12.1 Å². The summed E-state index contributed by atoms with van der Waals surface area (Å²) in [6.07, 6.45) is 0.143. The summed E-state index contributed by atoms with van der Waals surface area (Å²) in [5.74, 6) is -0.959. The third-order valence-electron chi connectivity index (χ3n) is 3.62. The fraction of sp³-hybridized carbons (Fsp3) is 0.222. The minimum absolute atomic E-state index is 0.0699. The number of hydrogen-bond acceptors (Lipinski definition) is 5. The van der Waals surface area contributed by atoms with Crippen molar-refractivity contribution in [1.29, 1.82) is 0 Å². The predicted molar refractivity (Wildman–Crippen MR) is 106 cm³/mol. The fourth-order valence-electron chi connectivity index (χ4n) is 2.18. The molecule has 0 amide bonds. The fourth-order valence-corrected chi connectivity index (χ4v) is 3.44. The quantitative estimate of drug-likeness (QED) is 0.334. The van der Waals surface area contributed by atoms with Crippen LogP contribution in [-0.2, 0) is 14.8 Å². The van der Waals surface area contributed by atoms with E-state index >= 15 is 0 Å². The molecule has 0 atom stereocenters. The zero-order valence-corrected chi connectivity index (χ0v) is 16.2. The van der Waals surface area contributed by atoms with Crippen molar-refractivity contribution in [3.8, 4) is 0 Å². The summed E-state index contributed by atoms with van der Waals surface area (Å²) in [4.78, 5) is 10.6. The highest BCUT2D eigenvalue weighted by Crippen LogP contribution is 2.16. The van der Waals surface area contributed by atoms with Gasteiger partial charge >= 0.3 is 5.97 Å². The van der Waals surface area contributed by atoms with E-state index < -0.39 is 16.0 Å². The molecule has 0 heterocycles. The lowest BCUT2D eigenvalue weighted by atomic mass is 10.1. The molecule has 0 spiro atoms. The largest absolute Gasteiger partial charge is 0.481 e. The number of benzene rings is 2. The van der Waals surface area contributed by atoms with Gasteiger partial charge in [0.15, 0.2) is 0 Å². The van der Waals surface area contributed by atoms with Crippen molar-refractivity contribution < 1.29 is 18.3 Å². The van der Waals surface area contributed by atoms with Crippen LogP contribution in [0.15, 0.2) is 58.5 Å². The molecule has 0 fully saturated rings. The second kappa shape index (κ2) is 9.50. The van der Waals surface area contributed by atoms with Crippen LogP contribution in [0.4, 0.5) is 5.69 Å². The van der Waals surface area contributed by atoms with Crippen molar-refractivity contribution in [2.75, 3.05) is 12.0 Å². The number of halogens is 1. The molecule has 0 bridgehead atoms. The number of nitrogens with zero attached hydrogens (tertiary/aromatic N) is 1. The number of aliphatic carboxylic acids is 1. The van der Waals surface area contributed by atoms with E-state index in [1.54, 1.807) is 37.3 Å². The first-order valence-corrected chi connectivity index (χ1v) is 10.0. The SMILES string of the molecule is C/C(=N/Nc1cccc(Cl)c1)c1ccc(S(=O)(=O)NCCCC(=O)O)cc1. The van der Waals surface area contributed by atoms with E-state index in [-0.39, 0.29) is 24.3 Å². The van der Waals surface area contributed by atoms with Crippen molar-refractivity contribution in [3.63, 3.8) is 0 Å². The molecule has 144 valence electrons. The summed E-state index contributed by atoms with van der Waals surface area (Å²) in [5.41, 5.74) is 5.07. The van der Waals surface area contributed by atoms with Gasteiger partial charge in [0.1, 0.15) is 0 Å². The van der Waals surface area contributed by atoms with Gasteiger partial charge in [0.25, 0.3) is 0 Å². The molecular weight excluding hydrogens is 390 g/mol. The molecule has 0 aliphatic carbocycles. The Labute approximate surface area is 163 Å². The summed E-state index contributed by atoms with van der Waals surface area (Å²) in [7, 11) is -3.67. The third-order valence-corrected chi connectivity index (χ3v) is 5.33. The van der Waals surface area contributed by atoms with Gasteiger partial charge in [-0.05, 0) is 49.2 Å². The first-order chi connectivity index (χ1) is 12.8. The number of carbonyl (C=O) groups is 1.